The number of halogens is 2. The smallest absolute Gasteiger partial charge is 0.264 e. The van der Waals surface area contributed by atoms with Crippen LogP contribution in [0, 0.1) is 0 Å². The van der Waals surface area contributed by atoms with Crippen LogP contribution in [0.15, 0.2) is 65.1 Å². The van der Waals surface area contributed by atoms with E-state index in [1.165, 1.54) is 11.3 Å². The van der Waals surface area contributed by atoms with Crippen molar-refractivity contribution in [3.05, 3.63) is 70.7 Å². The molecule has 0 atom stereocenters. The van der Waals surface area contributed by atoms with Gasteiger partial charge in [-0.2, -0.15) is 0 Å². The number of amides is 1. The molecule has 0 saturated heterocycles. The Bertz CT molecular complexity index is 1140. The molecule has 6 nitrogen and oxygen atoms in total. The van der Waals surface area contributed by atoms with Crippen LogP contribution in [0.5, 0.6) is 5.75 Å². The van der Waals surface area contributed by atoms with Crippen molar-refractivity contribution in [3.8, 4) is 27.8 Å². The van der Waals surface area contributed by atoms with Crippen molar-refractivity contribution in [2.75, 3.05) is 11.9 Å². The standard InChI is InChI=1S/C20H13Cl2N3O3S/c21-12-5-7-13(8-6-12)27-11-18(26)23-20-25-24-19(29-20)17-10-9-16(28-17)14-3-1-2-4-15(14)22/h1-10H,11H2,(H,23,25,26). The maximum absolute atomic E-state index is 12.1. The molecule has 0 saturated carbocycles. The number of nitrogens with zero attached hydrogens (tertiary/aromatic N) is 2. The van der Waals surface area contributed by atoms with E-state index in [2.05, 4.69) is 15.5 Å². The number of nitrogens with one attached hydrogen (secondary N) is 1. The number of hydrogen-bond acceptors (Lipinski definition) is 6. The van der Waals surface area contributed by atoms with Gasteiger partial charge in [0.25, 0.3) is 5.91 Å². The van der Waals surface area contributed by atoms with Crippen molar-refractivity contribution in [2.24, 2.45) is 0 Å². The summed E-state index contributed by atoms with van der Waals surface area (Å²) in [6, 6.07) is 17.8. The van der Waals surface area contributed by atoms with Crippen LogP contribution in [0.3, 0.4) is 0 Å². The van der Waals surface area contributed by atoms with Gasteiger partial charge in [-0.05, 0) is 48.5 Å². The van der Waals surface area contributed by atoms with Gasteiger partial charge in [-0.1, -0.05) is 46.7 Å². The first-order valence-electron chi connectivity index (χ1n) is 8.45. The molecule has 29 heavy (non-hydrogen) atoms. The van der Waals surface area contributed by atoms with Gasteiger partial charge < -0.3 is 9.15 Å². The highest BCUT2D eigenvalue weighted by Gasteiger charge is 2.15. The van der Waals surface area contributed by atoms with Crippen LogP contribution >= 0.6 is 34.5 Å². The molecule has 0 bridgehead atoms. The molecule has 4 aromatic rings. The number of aromatic nitrogens is 2. The molecular weight excluding hydrogens is 433 g/mol. The molecule has 4 rings (SSSR count). The lowest BCUT2D eigenvalue weighted by Crippen LogP contribution is -2.20. The summed E-state index contributed by atoms with van der Waals surface area (Å²) in [6.07, 6.45) is 0. The molecule has 0 aliphatic heterocycles. The molecule has 9 heteroatoms. The third kappa shape index (κ3) is 4.76. The van der Waals surface area contributed by atoms with Crippen molar-refractivity contribution in [3.63, 3.8) is 0 Å². The number of benzene rings is 2. The van der Waals surface area contributed by atoms with Gasteiger partial charge in [-0.3, -0.25) is 10.1 Å². The molecule has 1 N–H and O–H groups in total. The van der Waals surface area contributed by atoms with Crippen LogP contribution in [0.25, 0.3) is 22.1 Å². The summed E-state index contributed by atoms with van der Waals surface area (Å²) in [6.45, 7) is -0.159. The van der Waals surface area contributed by atoms with Gasteiger partial charge in [0.05, 0.1) is 5.02 Å². The maximum atomic E-state index is 12.1. The second-order valence-corrected chi connectivity index (χ2v) is 7.67. The highest BCUT2D eigenvalue weighted by Crippen LogP contribution is 2.34. The minimum Gasteiger partial charge on any atom is -0.484 e. The molecule has 2 aromatic carbocycles. The van der Waals surface area contributed by atoms with E-state index in [1.807, 2.05) is 24.3 Å². The Kier molecular flexibility index (Phi) is 5.80. The lowest BCUT2D eigenvalue weighted by Gasteiger charge is -2.05. The molecule has 0 radical (unpaired) electrons. The summed E-state index contributed by atoms with van der Waals surface area (Å²) in [5.41, 5.74) is 0.790. The van der Waals surface area contributed by atoms with E-state index in [1.54, 1.807) is 36.4 Å². The Hall–Kier alpha value is -2.87. The Balaban J connectivity index is 1.39. The van der Waals surface area contributed by atoms with Crippen molar-refractivity contribution in [2.45, 2.75) is 0 Å². The number of anilines is 1. The fraction of sp³-hybridized carbons (Fsp3) is 0.0500. The summed E-state index contributed by atoms with van der Waals surface area (Å²) in [7, 11) is 0. The predicted octanol–water partition coefficient (Wildman–Crippen LogP) is 5.79. The molecule has 146 valence electrons. The van der Waals surface area contributed by atoms with Crippen LogP contribution in [-0.4, -0.2) is 22.7 Å². The Morgan fingerprint density at radius 3 is 2.55 bits per heavy atom. The van der Waals surface area contributed by atoms with Crippen molar-refractivity contribution < 1.29 is 13.9 Å². The lowest BCUT2D eigenvalue weighted by molar-refractivity contribution is -0.118. The SMILES string of the molecule is O=C(COc1ccc(Cl)cc1)Nc1nnc(-c2ccc(-c3ccccc3Cl)o2)s1. The third-order valence-electron chi connectivity index (χ3n) is 3.81. The molecule has 1 amide bonds. The van der Waals surface area contributed by atoms with E-state index in [0.29, 0.717) is 37.5 Å². The second-order valence-electron chi connectivity index (χ2n) is 5.85. The van der Waals surface area contributed by atoms with Crippen molar-refractivity contribution in [1.29, 1.82) is 0 Å². The van der Waals surface area contributed by atoms with Gasteiger partial charge in [-0.15, -0.1) is 10.2 Å². The number of carbonyl (C=O) groups excluding carboxylic acids is 1. The van der Waals surface area contributed by atoms with E-state index < -0.39 is 0 Å². The van der Waals surface area contributed by atoms with Gasteiger partial charge in [0, 0.05) is 10.6 Å². The zero-order chi connectivity index (χ0) is 20.2. The van der Waals surface area contributed by atoms with Gasteiger partial charge in [0.1, 0.15) is 11.5 Å². The lowest BCUT2D eigenvalue weighted by atomic mass is 10.2. The average Bonchev–Trinajstić information content (AvgIpc) is 3.37. The highest BCUT2D eigenvalue weighted by molar-refractivity contribution is 7.18. The van der Waals surface area contributed by atoms with Crippen molar-refractivity contribution >= 4 is 45.6 Å². The van der Waals surface area contributed by atoms with Gasteiger partial charge >= 0.3 is 0 Å². The molecule has 2 aromatic heterocycles. The van der Waals surface area contributed by atoms with E-state index in [-0.39, 0.29) is 12.5 Å². The molecule has 0 spiro atoms. The molecule has 0 fully saturated rings. The van der Waals surface area contributed by atoms with Crippen LogP contribution in [-0.2, 0) is 4.79 Å². The highest BCUT2D eigenvalue weighted by atomic mass is 35.5. The summed E-state index contributed by atoms with van der Waals surface area (Å²) in [4.78, 5) is 12.1. The van der Waals surface area contributed by atoms with Crippen LogP contribution in [0.4, 0.5) is 5.13 Å². The van der Waals surface area contributed by atoms with Gasteiger partial charge in [-0.25, -0.2) is 0 Å². The monoisotopic (exact) mass is 445 g/mol. The first-order chi connectivity index (χ1) is 14.1. The Labute approximate surface area is 180 Å². The second kappa shape index (κ2) is 8.65. The minimum absolute atomic E-state index is 0.159. The Morgan fingerprint density at radius 2 is 1.76 bits per heavy atom. The number of rotatable bonds is 6. The topological polar surface area (TPSA) is 77.2 Å². The molecule has 0 aliphatic rings. The summed E-state index contributed by atoms with van der Waals surface area (Å²) in [5.74, 6) is 1.36. The average molecular weight is 446 g/mol. The zero-order valence-electron chi connectivity index (χ0n) is 14.8. The predicted molar refractivity (Wildman–Crippen MR) is 114 cm³/mol. The molecule has 0 aliphatic carbocycles. The number of furan rings is 1. The molecule has 2 heterocycles. The fourth-order valence-corrected chi connectivity index (χ4v) is 3.54. The van der Waals surface area contributed by atoms with Crippen LogP contribution in [0.2, 0.25) is 10.0 Å². The van der Waals surface area contributed by atoms with E-state index >= 15 is 0 Å². The van der Waals surface area contributed by atoms with Gasteiger partial charge in [0.2, 0.25) is 5.13 Å². The minimum atomic E-state index is -0.348. The van der Waals surface area contributed by atoms with Crippen LogP contribution < -0.4 is 10.1 Å². The third-order valence-corrected chi connectivity index (χ3v) is 5.25. The summed E-state index contributed by atoms with van der Waals surface area (Å²) < 4.78 is 11.2. The summed E-state index contributed by atoms with van der Waals surface area (Å²) >= 11 is 13.2. The largest absolute Gasteiger partial charge is 0.484 e. The zero-order valence-corrected chi connectivity index (χ0v) is 17.1. The molecular formula is C20H13Cl2N3O3S. The molecule has 0 unspecified atom stereocenters. The van der Waals surface area contributed by atoms with E-state index in [4.69, 9.17) is 32.4 Å². The first-order valence-corrected chi connectivity index (χ1v) is 10.0. The number of hydrogen-bond donors (Lipinski definition) is 1. The van der Waals surface area contributed by atoms with E-state index in [0.717, 1.165) is 5.56 Å². The number of ether oxygens (including phenoxy) is 1. The van der Waals surface area contributed by atoms with Gasteiger partial charge in [0.15, 0.2) is 17.4 Å². The normalized spacial score (nSPS) is 10.7. The maximum Gasteiger partial charge on any atom is 0.264 e. The first kappa shape index (κ1) is 19.4. The number of carbonyl (C=O) groups is 1. The van der Waals surface area contributed by atoms with Crippen LogP contribution in [0.1, 0.15) is 0 Å². The Morgan fingerprint density at radius 1 is 1.00 bits per heavy atom. The summed E-state index contributed by atoms with van der Waals surface area (Å²) in [5, 5.41) is 12.8. The quantitative estimate of drug-likeness (QED) is 0.406. The van der Waals surface area contributed by atoms with E-state index in [9.17, 15) is 4.79 Å². The van der Waals surface area contributed by atoms with Crippen molar-refractivity contribution in [1.82, 2.24) is 10.2 Å². The fourth-order valence-electron chi connectivity index (χ4n) is 2.47.